The van der Waals surface area contributed by atoms with Gasteiger partial charge in [0.25, 0.3) is 17.5 Å². The number of carbonyl (C=O) groups excluding carboxylic acids is 1. The first-order chi connectivity index (χ1) is 11.5. The van der Waals surface area contributed by atoms with Gasteiger partial charge in [-0.3, -0.25) is 24.9 Å². The number of nitrogens with zero attached hydrogens (tertiary/aromatic N) is 5. The second-order valence-electron chi connectivity index (χ2n) is 4.96. The molecule has 2 heterocycles. The molecule has 0 unspecified atom stereocenters. The van der Waals surface area contributed by atoms with E-state index in [2.05, 4.69) is 20.6 Å². The van der Waals surface area contributed by atoms with Gasteiger partial charge >= 0.3 is 6.01 Å². The molecule has 3 rings (SSSR count). The van der Waals surface area contributed by atoms with Crippen molar-refractivity contribution < 1.29 is 14.1 Å². The summed E-state index contributed by atoms with van der Waals surface area (Å²) in [5.41, 5.74) is 1.04. The molecule has 0 aliphatic heterocycles. The second-order valence-corrected chi connectivity index (χ2v) is 4.96. The third-order valence-electron chi connectivity index (χ3n) is 3.35. The minimum absolute atomic E-state index is 0.112. The summed E-state index contributed by atoms with van der Waals surface area (Å²) in [7, 11) is 1.71. The molecule has 10 nitrogen and oxygen atoms in total. The molecule has 0 atom stereocenters. The highest BCUT2D eigenvalue weighted by atomic mass is 16.6. The van der Waals surface area contributed by atoms with Crippen LogP contribution < -0.4 is 5.32 Å². The zero-order valence-electron chi connectivity index (χ0n) is 12.8. The normalized spacial score (nSPS) is 10.6. The van der Waals surface area contributed by atoms with Crippen LogP contribution >= 0.6 is 0 Å². The molecule has 1 amide bonds. The minimum Gasteiger partial charge on any atom is -0.401 e. The van der Waals surface area contributed by atoms with Crippen molar-refractivity contribution in [1.82, 2.24) is 20.0 Å². The molecule has 0 bridgehead atoms. The number of nitro groups is 1. The molecule has 0 fully saturated rings. The summed E-state index contributed by atoms with van der Waals surface area (Å²) < 4.78 is 6.90. The summed E-state index contributed by atoms with van der Waals surface area (Å²) in [5.74, 6) is -0.390. The Kier molecular flexibility index (Phi) is 3.78. The molecule has 0 saturated carbocycles. The lowest BCUT2D eigenvalue weighted by molar-refractivity contribution is -0.385. The number of amides is 1. The number of nitro benzene ring substituents is 1. The van der Waals surface area contributed by atoms with Gasteiger partial charge in [0.05, 0.1) is 4.92 Å². The Bertz CT molecular complexity index is 929. The molecular formula is C14H12N6O4. The van der Waals surface area contributed by atoms with E-state index in [0.29, 0.717) is 11.3 Å². The molecule has 122 valence electrons. The predicted molar refractivity (Wildman–Crippen MR) is 82.3 cm³/mol. The number of rotatable bonds is 4. The van der Waals surface area contributed by atoms with Gasteiger partial charge in [0.15, 0.2) is 0 Å². The number of aromatic nitrogens is 4. The smallest absolute Gasteiger partial charge is 0.322 e. The molecule has 1 N–H and O–H groups in total. The Morgan fingerprint density at radius 1 is 1.33 bits per heavy atom. The molecule has 2 aromatic heterocycles. The number of aryl methyl sites for hydroxylation is 2. The zero-order chi connectivity index (χ0) is 17.3. The third kappa shape index (κ3) is 2.84. The van der Waals surface area contributed by atoms with Crippen molar-refractivity contribution in [3.63, 3.8) is 0 Å². The van der Waals surface area contributed by atoms with Crippen LogP contribution in [0.25, 0.3) is 11.6 Å². The number of benzene rings is 1. The maximum Gasteiger partial charge on any atom is 0.322 e. The number of hydrogen-bond donors (Lipinski definition) is 1. The lowest BCUT2D eigenvalue weighted by atomic mass is 10.1. The molecule has 10 heteroatoms. The first kappa shape index (κ1) is 15.3. The third-order valence-corrected chi connectivity index (χ3v) is 3.35. The Morgan fingerprint density at radius 3 is 2.79 bits per heavy atom. The standard InChI is InChI=1S/C14H12N6O4/c1-8-3-4-9(7-11(8)20(22)23)12(21)16-14-18-17-13(24-14)10-5-6-15-19(10)2/h3-7H,1-2H3,(H,16,18,21). The van der Waals surface area contributed by atoms with Gasteiger partial charge in [-0.05, 0) is 19.1 Å². The van der Waals surface area contributed by atoms with Crippen LogP contribution in [0.1, 0.15) is 15.9 Å². The monoisotopic (exact) mass is 328 g/mol. The van der Waals surface area contributed by atoms with Crippen molar-refractivity contribution in [2.24, 2.45) is 7.05 Å². The maximum absolute atomic E-state index is 12.2. The lowest BCUT2D eigenvalue weighted by Gasteiger charge is -2.02. The predicted octanol–water partition coefficient (Wildman–Crippen LogP) is 1.94. The van der Waals surface area contributed by atoms with Gasteiger partial charge in [0, 0.05) is 30.4 Å². The van der Waals surface area contributed by atoms with Crippen molar-refractivity contribution in [1.29, 1.82) is 0 Å². The van der Waals surface area contributed by atoms with Crippen LogP contribution in [0.3, 0.4) is 0 Å². The molecule has 0 saturated heterocycles. The second kappa shape index (κ2) is 5.91. The summed E-state index contributed by atoms with van der Waals surface area (Å²) in [6.07, 6.45) is 1.57. The fourth-order valence-electron chi connectivity index (χ4n) is 2.08. The number of anilines is 1. The van der Waals surface area contributed by atoms with E-state index in [4.69, 9.17) is 4.42 Å². The zero-order valence-corrected chi connectivity index (χ0v) is 12.8. The Balaban J connectivity index is 1.81. The maximum atomic E-state index is 12.2. The topological polar surface area (TPSA) is 129 Å². The van der Waals surface area contributed by atoms with Crippen LogP contribution in [0.4, 0.5) is 11.7 Å². The van der Waals surface area contributed by atoms with Crippen molar-refractivity contribution >= 4 is 17.6 Å². The van der Waals surface area contributed by atoms with E-state index in [1.165, 1.54) is 18.2 Å². The van der Waals surface area contributed by atoms with Gasteiger partial charge in [-0.2, -0.15) is 5.10 Å². The molecular weight excluding hydrogens is 316 g/mol. The van der Waals surface area contributed by atoms with Gasteiger partial charge in [0.2, 0.25) is 0 Å². The SMILES string of the molecule is Cc1ccc(C(=O)Nc2nnc(-c3ccnn3C)o2)cc1[N+](=O)[O-]. The molecule has 0 aliphatic rings. The van der Waals surface area contributed by atoms with Gasteiger partial charge < -0.3 is 4.42 Å². The fraction of sp³-hybridized carbons (Fsp3) is 0.143. The Morgan fingerprint density at radius 2 is 2.12 bits per heavy atom. The number of hydrogen-bond acceptors (Lipinski definition) is 7. The summed E-state index contributed by atoms with van der Waals surface area (Å²) in [4.78, 5) is 22.6. The van der Waals surface area contributed by atoms with Crippen molar-refractivity contribution in [2.45, 2.75) is 6.92 Å². The Labute approximate surface area is 135 Å². The van der Waals surface area contributed by atoms with Gasteiger partial charge in [-0.25, -0.2) is 0 Å². The van der Waals surface area contributed by atoms with E-state index >= 15 is 0 Å². The molecule has 3 aromatic rings. The summed E-state index contributed by atoms with van der Waals surface area (Å²) >= 11 is 0. The first-order valence-corrected chi connectivity index (χ1v) is 6.84. The van der Waals surface area contributed by atoms with Crippen LogP contribution in [0.5, 0.6) is 0 Å². The highest BCUT2D eigenvalue weighted by molar-refractivity contribution is 6.03. The van der Waals surface area contributed by atoms with Gasteiger partial charge in [0.1, 0.15) is 5.69 Å². The van der Waals surface area contributed by atoms with E-state index in [0.717, 1.165) is 0 Å². The van der Waals surface area contributed by atoms with Crippen LogP contribution in [-0.4, -0.2) is 30.8 Å². The van der Waals surface area contributed by atoms with Crippen molar-refractivity contribution in [3.05, 3.63) is 51.7 Å². The van der Waals surface area contributed by atoms with E-state index in [1.807, 2.05) is 0 Å². The largest absolute Gasteiger partial charge is 0.401 e. The first-order valence-electron chi connectivity index (χ1n) is 6.84. The molecule has 24 heavy (non-hydrogen) atoms. The highest BCUT2D eigenvalue weighted by Gasteiger charge is 2.18. The van der Waals surface area contributed by atoms with Crippen molar-refractivity contribution in [2.75, 3.05) is 5.32 Å². The number of carbonyl (C=O) groups is 1. The Hall–Kier alpha value is -3.56. The fourth-order valence-corrected chi connectivity index (χ4v) is 2.08. The summed E-state index contributed by atoms with van der Waals surface area (Å²) in [6.45, 7) is 1.60. The quantitative estimate of drug-likeness (QED) is 0.572. The van der Waals surface area contributed by atoms with E-state index in [-0.39, 0.29) is 23.2 Å². The molecule has 0 aliphatic carbocycles. The van der Waals surface area contributed by atoms with E-state index in [9.17, 15) is 14.9 Å². The van der Waals surface area contributed by atoms with Crippen LogP contribution in [0.15, 0.2) is 34.9 Å². The van der Waals surface area contributed by atoms with Crippen LogP contribution in [0, 0.1) is 17.0 Å². The van der Waals surface area contributed by atoms with Gasteiger partial charge in [-0.1, -0.05) is 11.2 Å². The van der Waals surface area contributed by atoms with E-state index < -0.39 is 10.8 Å². The highest BCUT2D eigenvalue weighted by Crippen LogP contribution is 2.21. The lowest BCUT2D eigenvalue weighted by Crippen LogP contribution is -2.12. The van der Waals surface area contributed by atoms with Crippen LogP contribution in [-0.2, 0) is 7.05 Å². The average Bonchev–Trinajstić information content (AvgIpc) is 3.16. The molecule has 0 radical (unpaired) electrons. The minimum atomic E-state index is -0.585. The summed E-state index contributed by atoms with van der Waals surface area (Å²) in [6, 6.07) is 5.75. The van der Waals surface area contributed by atoms with Crippen LogP contribution in [0.2, 0.25) is 0 Å². The van der Waals surface area contributed by atoms with Crippen molar-refractivity contribution in [3.8, 4) is 11.6 Å². The van der Waals surface area contributed by atoms with E-state index in [1.54, 1.807) is 30.9 Å². The van der Waals surface area contributed by atoms with Gasteiger partial charge in [-0.15, -0.1) is 5.10 Å². The molecule has 1 aromatic carbocycles. The molecule has 0 spiro atoms. The number of nitrogens with one attached hydrogen (secondary N) is 1. The summed E-state index contributed by atoms with van der Waals surface area (Å²) in [5, 5.41) is 24.9. The average molecular weight is 328 g/mol.